The third-order valence-corrected chi connectivity index (χ3v) is 3.83. The summed E-state index contributed by atoms with van der Waals surface area (Å²) in [6.45, 7) is 3.94. The van der Waals surface area contributed by atoms with E-state index in [-0.39, 0.29) is 5.82 Å². The molecule has 1 unspecified atom stereocenters. The highest BCUT2D eigenvalue weighted by atomic mass is 35.5. The first-order chi connectivity index (χ1) is 10.2. The first kappa shape index (κ1) is 15.9. The Morgan fingerprint density at radius 3 is 2.62 bits per heavy atom. The van der Waals surface area contributed by atoms with Crippen molar-refractivity contribution in [3.8, 4) is 0 Å². The molecule has 1 atom stereocenters. The van der Waals surface area contributed by atoms with Gasteiger partial charge in [0.25, 0.3) is 0 Å². The summed E-state index contributed by atoms with van der Waals surface area (Å²) in [5.41, 5.74) is 2.25. The molecule has 0 fully saturated rings. The van der Waals surface area contributed by atoms with Crippen LogP contribution in [0.3, 0.4) is 0 Å². The fourth-order valence-corrected chi connectivity index (χ4v) is 2.60. The standard InChI is InChI=1S/C17H20ClFN2/c1-2-20-11-14(9-13-3-5-16(19)6-4-13)10-15-7-8-21-12-17(15)18/h3-8,12,14,20H,2,9-11H2,1H3. The molecule has 0 aliphatic heterocycles. The van der Waals surface area contributed by atoms with Crippen LogP contribution in [0.4, 0.5) is 4.39 Å². The second-order valence-corrected chi connectivity index (χ2v) is 5.58. The van der Waals surface area contributed by atoms with Crippen LogP contribution in [-0.4, -0.2) is 18.1 Å². The minimum atomic E-state index is -0.195. The van der Waals surface area contributed by atoms with Crippen LogP contribution in [0.1, 0.15) is 18.1 Å². The van der Waals surface area contributed by atoms with Gasteiger partial charge in [0, 0.05) is 12.4 Å². The van der Waals surface area contributed by atoms with Gasteiger partial charge in [0.15, 0.2) is 0 Å². The van der Waals surface area contributed by atoms with E-state index in [9.17, 15) is 4.39 Å². The van der Waals surface area contributed by atoms with E-state index in [0.717, 1.165) is 37.1 Å². The van der Waals surface area contributed by atoms with Gasteiger partial charge in [-0.3, -0.25) is 4.98 Å². The van der Waals surface area contributed by atoms with Crippen LogP contribution in [0.5, 0.6) is 0 Å². The maximum absolute atomic E-state index is 13.0. The van der Waals surface area contributed by atoms with Crippen LogP contribution in [0.2, 0.25) is 5.02 Å². The van der Waals surface area contributed by atoms with E-state index in [1.807, 2.05) is 18.2 Å². The number of rotatable bonds is 7. The quantitative estimate of drug-likeness (QED) is 0.839. The number of pyridine rings is 1. The van der Waals surface area contributed by atoms with Gasteiger partial charge in [0.1, 0.15) is 5.82 Å². The molecular weight excluding hydrogens is 287 g/mol. The first-order valence-electron chi connectivity index (χ1n) is 7.22. The number of halogens is 2. The van der Waals surface area contributed by atoms with Crippen molar-refractivity contribution in [2.24, 2.45) is 5.92 Å². The molecule has 1 heterocycles. The number of nitrogens with one attached hydrogen (secondary N) is 1. The largest absolute Gasteiger partial charge is 0.317 e. The molecule has 112 valence electrons. The lowest BCUT2D eigenvalue weighted by molar-refractivity contribution is 0.478. The maximum atomic E-state index is 13.0. The first-order valence-corrected chi connectivity index (χ1v) is 7.60. The molecule has 1 N–H and O–H groups in total. The lowest BCUT2D eigenvalue weighted by Crippen LogP contribution is -2.25. The lowest BCUT2D eigenvalue weighted by atomic mass is 9.92. The second kappa shape index (κ2) is 8.11. The summed E-state index contributed by atoms with van der Waals surface area (Å²) in [6, 6.07) is 8.69. The summed E-state index contributed by atoms with van der Waals surface area (Å²) in [5, 5.41) is 4.09. The van der Waals surface area contributed by atoms with Crippen LogP contribution < -0.4 is 5.32 Å². The Morgan fingerprint density at radius 2 is 1.95 bits per heavy atom. The minimum Gasteiger partial charge on any atom is -0.317 e. The summed E-state index contributed by atoms with van der Waals surface area (Å²) in [4.78, 5) is 4.02. The molecule has 0 radical (unpaired) electrons. The number of nitrogens with zero attached hydrogens (tertiary/aromatic N) is 1. The zero-order chi connectivity index (χ0) is 15.1. The molecule has 4 heteroatoms. The Hall–Kier alpha value is -1.45. The van der Waals surface area contributed by atoms with Gasteiger partial charge in [-0.25, -0.2) is 4.39 Å². The van der Waals surface area contributed by atoms with E-state index in [4.69, 9.17) is 11.6 Å². The van der Waals surface area contributed by atoms with Crippen LogP contribution in [0.25, 0.3) is 0 Å². The Balaban J connectivity index is 2.07. The summed E-state index contributed by atoms with van der Waals surface area (Å²) < 4.78 is 13.0. The summed E-state index contributed by atoms with van der Waals surface area (Å²) >= 11 is 6.19. The predicted octanol–water partition coefficient (Wildman–Crippen LogP) is 3.89. The van der Waals surface area contributed by atoms with Crippen molar-refractivity contribution < 1.29 is 4.39 Å². The molecule has 2 rings (SSSR count). The zero-order valence-corrected chi connectivity index (χ0v) is 12.9. The monoisotopic (exact) mass is 306 g/mol. The van der Waals surface area contributed by atoms with E-state index in [1.54, 1.807) is 12.4 Å². The Bertz CT molecular complexity index is 557. The average Bonchev–Trinajstić information content (AvgIpc) is 2.49. The Labute approximate surface area is 130 Å². The van der Waals surface area contributed by atoms with E-state index >= 15 is 0 Å². The highest BCUT2D eigenvalue weighted by molar-refractivity contribution is 6.31. The Kier molecular flexibility index (Phi) is 6.15. The number of hydrogen-bond donors (Lipinski definition) is 1. The van der Waals surface area contributed by atoms with Crippen molar-refractivity contribution in [2.75, 3.05) is 13.1 Å². The fraction of sp³-hybridized carbons (Fsp3) is 0.353. The lowest BCUT2D eigenvalue weighted by Gasteiger charge is -2.18. The number of aromatic nitrogens is 1. The third-order valence-electron chi connectivity index (χ3n) is 3.49. The van der Waals surface area contributed by atoms with Gasteiger partial charge in [-0.1, -0.05) is 30.7 Å². The van der Waals surface area contributed by atoms with Gasteiger partial charge in [-0.05, 0) is 61.2 Å². The van der Waals surface area contributed by atoms with Gasteiger partial charge >= 0.3 is 0 Å². The molecule has 0 amide bonds. The topological polar surface area (TPSA) is 24.9 Å². The normalized spacial score (nSPS) is 12.3. The van der Waals surface area contributed by atoms with Crippen LogP contribution in [0, 0.1) is 11.7 Å². The summed E-state index contributed by atoms with van der Waals surface area (Å²) in [5.74, 6) is 0.217. The van der Waals surface area contributed by atoms with Crippen molar-refractivity contribution in [2.45, 2.75) is 19.8 Å². The molecule has 0 saturated carbocycles. The number of hydrogen-bond acceptors (Lipinski definition) is 2. The smallest absolute Gasteiger partial charge is 0.123 e. The third kappa shape index (κ3) is 5.10. The molecule has 0 spiro atoms. The molecule has 2 aromatic rings. The summed E-state index contributed by atoms with van der Waals surface area (Å²) in [6.07, 6.45) is 5.22. The zero-order valence-electron chi connectivity index (χ0n) is 12.2. The molecule has 0 aliphatic carbocycles. The van der Waals surface area contributed by atoms with E-state index in [1.165, 1.54) is 12.1 Å². The van der Waals surface area contributed by atoms with Crippen LogP contribution >= 0.6 is 11.6 Å². The average molecular weight is 307 g/mol. The van der Waals surface area contributed by atoms with Crippen LogP contribution in [-0.2, 0) is 12.8 Å². The minimum absolute atomic E-state index is 0.195. The van der Waals surface area contributed by atoms with Gasteiger partial charge < -0.3 is 5.32 Å². The van der Waals surface area contributed by atoms with E-state index in [2.05, 4.69) is 17.2 Å². The van der Waals surface area contributed by atoms with Crippen molar-refractivity contribution >= 4 is 11.6 Å². The second-order valence-electron chi connectivity index (χ2n) is 5.18. The molecule has 21 heavy (non-hydrogen) atoms. The molecule has 1 aromatic heterocycles. The van der Waals surface area contributed by atoms with Crippen molar-refractivity contribution in [1.29, 1.82) is 0 Å². The van der Waals surface area contributed by atoms with Gasteiger partial charge in [0.2, 0.25) is 0 Å². The molecule has 1 aromatic carbocycles. The van der Waals surface area contributed by atoms with E-state index in [0.29, 0.717) is 10.9 Å². The fourth-order valence-electron chi connectivity index (χ4n) is 2.40. The molecular formula is C17H20ClFN2. The molecule has 2 nitrogen and oxygen atoms in total. The summed E-state index contributed by atoms with van der Waals surface area (Å²) in [7, 11) is 0. The predicted molar refractivity (Wildman–Crippen MR) is 85.1 cm³/mol. The van der Waals surface area contributed by atoms with Gasteiger partial charge in [-0.15, -0.1) is 0 Å². The van der Waals surface area contributed by atoms with E-state index < -0.39 is 0 Å². The Morgan fingerprint density at radius 1 is 1.19 bits per heavy atom. The van der Waals surface area contributed by atoms with Crippen molar-refractivity contribution in [3.05, 3.63) is 64.7 Å². The molecule has 0 aliphatic rings. The highest BCUT2D eigenvalue weighted by Gasteiger charge is 2.12. The van der Waals surface area contributed by atoms with Crippen molar-refractivity contribution in [1.82, 2.24) is 10.3 Å². The molecule has 0 saturated heterocycles. The molecule has 0 bridgehead atoms. The van der Waals surface area contributed by atoms with Crippen molar-refractivity contribution in [3.63, 3.8) is 0 Å². The van der Waals surface area contributed by atoms with Gasteiger partial charge in [-0.2, -0.15) is 0 Å². The van der Waals surface area contributed by atoms with Crippen LogP contribution in [0.15, 0.2) is 42.7 Å². The SMILES string of the molecule is CCNCC(Cc1ccc(F)cc1)Cc1ccncc1Cl. The number of benzene rings is 1. The highest BCUT2D eigenvalue weighted by Crippen LogP contribution is 2.20. The maximum Gasteiger partial charge on any atom is 0.123 e. The van der Waals surface area contributed by atoms with Gasteiger partial charge in [0.05, 0.1) is 5.02 Å².